The van der Waals surface area contributed by atoms with Gasteiger partial charge in [-0.1, -0.05) is 0 Å². The molecule has 0 aromatic heterocycles. The summed E-state index contributed by atoms with van der Waals surface area (Å²) in [7, 11) is 1.64. The number of carbonyl (C=O) groups excluding carboxylic acids is 1. The number of carbonyl (C=O) groups is 1. The van der Waals surface area contributed by atoms with Gasteiger partial charge >= 0.3 is 0 Å². The minimum atomic E-state index is -0.182. The average molecular weight is 327 g/mol. The SMILES string of the molecule is COc1cc(C)c(NC(=O)c2ccc3c(c2)OCCCO3)cc1C. The topological polar surface area (TPSA) is 56.8 Å². The van der Waals surface area contributed by atoms with E-state index in [2.05, 4.69) is 5.32 Å². The smallest absolute Gasteiger partial charge is 0.255 e. The Hall–Kier alpha value is -2.69. The van der Waals surface area contributed by atoms with E-state index in [1.165, 1.54) is 0 Å². The standard InChI is InChI=1S/C19H21NO4/c1-12-10-17(22-3)13(2)9-15(12)20-19(21)14-5-6-16-18(11-14)24-8-4-7-23-16/h5-6,9-11H,4,7-8H2,1-3H3,(H,20,21). The Kier molecular flexibility index (Phi) is 4.60. The van der Waals surface area contributed by atoms with Gasteiger partial charge < -0.3 is 19.5 Å². The molecule has 24 heavy (non-hydrogen) atoms. The highest BCUT2D eigenvalue weighted by Gasteiger charge is 2.15. The number of amides is 1. The Morgan fingerprint density at radius 3 is 2.54 bits per heavy atom. The van der Waals surface area contributed by atoms with E-state index in [0.717, 1.165) is 29.0 Å². The number of hydrogen-bond donors (Lipinski definition) is 1. The fourth-order valence-corrected chi connectivity index (χ4v) is 2.64. The van der Waals surface area contributed by atoms with Gasteiger partial charge in [0.25, 0.3) is 5.91 Å². The van der Waals surface area contributed by atoms with Crippen LogP contribution in [0.1, 0.15) is 27.9 Å². The lowest BCUT2D eigenvalue weighted by atomic mass is 10.1. The summed E-state index contributed by atoms with van der Waals surface area (Å²) in [5, 5.41) is 2.95. The molecule has 0 aliphatic carbocycles. The summed E-state index contributed by atoms with van der Waals surface area (Å²) in [5.41, 5.74) is 3.22. The minimum absolute atomic E-state index is 0.182. The first-order valence-corrected chi connectivity index (χ1v) is 7.94. The largest absolute Gasteiger partial charge is 0.496 e. The quantitative estimate of drug-likeness (QED) is 0.933. The number of ether oxygens (including phenoxy) is 3. The first-order valence-electron chi connectivity index (χ1n) is 7.94. The summed E-state index contributed by atoms with van der Waals surface area (Å²) in [6.45, 7) is 5.10. The maximum Gasteiger partial charge on any atom is 0.255 e. The molecule has 5 heteroatoms. The lowest BCUT2D eigenvalue weighted by Gasteiger charge is -2.13. The van der Waals surface area contributed by atoms with Crippen molar-refractivity contribution in [2.24, 2.45) is 0 Å². The number of methoxy groups -OCH3 is 1. The van der Waals surface area contributed by atoms with Gasteiger partial charge in [-0.25, -0.2) is 0 Å². The second-order valence-electron chi connectivity index (χ2n) is 5.80. The number of nitrogens with one attached hydrogen (secondary N) is 1. The molecule has 0 atom stereocenters. The Labute approximate surface area is 141 Å². The van der Waals surface area contributed by atoms with Crippen molar-refractivity contribution in [3.8, 4) is 17.2 Å². The second kappa shape index (κ2) is 6.83. The summed E-state index contributed by atoms with van der Waals surface area (Å²) >= 11 is 0. The first kappa shape index (κ1) is 16.2. The van der Waals surface area contributed by atoms with Crippen LogP contribution in [0.2, 0.25) is 0 Å². The van der Waals surface area contributed by atoms with Crippen LogP contribution in [0.25, 0.3) is 0 Å². The molecular weight excluding hydrogens is 306 g/mol. The summed E-state index contributed by atoms with van der Waals surface area (Å²) in [4.78, 5) is 12.6. The third-order valence-electron chi connectivity index (χ3n) is 4.00. The molecule has 0 saturated carbocycles. The van der Waals surface area contributed by atoms with Crippen molar-refractivity contribution in [1.29, 1.82) is 0 Å². The molecule has 0 spiro atoms. The van der Waals surface area contributed by atoms with Crippen molar-refractivity contribution in [2.75, 3.05) is 25.6 Å². The predicted molar refractivity (Wildman–Crippen MR) is 92.5 cm³/mol. The van der Waals surface area contributed by atoms with Crippen molar-refractivity contribution < 1.29 is 19.0 Å². The fraction of sp³-hybridized carbons (Fsp3) is 0.316. The van der Waals surface area contributed by atoms with E-state index in [-0.39, 0.29) is 5.91 Å². The van der Waals surface area contributed by atoms with Gasteiger partial charge in [-0.2, -0.15) is 0 Å². The highest BCUT2D eigenvalue weighted by molar-refractivity contribution is 6.05. The van der Waals surface area contributed by atoms with Gasteiger partial charge in [0.1, 0.15) is 5.75 Å². The van der Waals surface area contributed by atoms with E-state index in [1.807, 2.05) is 26.0 Å². The van der Waals surface area contributed by atoms with E-state index in [0.29, 0.717) is 30.3 Å². The van der Waals surface area contributed by atoms with Gasteiger partial charge in [-0.05, 0) is 55.3 Å². The Bertz CT molecular complexity index is 770. The van der Waals surface area contributed by atoms with Gasteiger partial charge in [0.05, 0.1) is 20.3 Å². The molecule has 5 nitrogen and oxygen atoms in total. The van der Waals surface area contributed by atoms with Crippen LogP contribution in [-0.4, -0.2) is 26.2 Å². The van der Waals surface area contributed by atoms with Crippen LogP contribution in [0.5, 0.6) is 17.2 Å². The van der Waals surface area contributed by atoms with Gasteiger partial charge in [-0.3, -0.25) is 4.79 Å². The van der Waals surface area contributed by atoms with Crippen molar-refractivity contribution in [3.63, 3.8) is 0 Å². The van der Waals surface area contributed by atoms with Crippen LogP contribution in [-0.2, 0) is 0 Å². The summed E-state index contributed by atoms with van der Waals surface area (Å²) in [6.07, 6.45) is 0.834. The molecule has 1 N–H and O–H groups in total. The lowest BCUT2D eigenvalue weighted by molar-refractivity contribution is 0.102. The fourth-order valence-electron chi connectivity index (χ4n) is 2.64. The highest BCUT2D eigenvalue weighted by Crippen LogP contribution is 2.31. The zero-order valence-electron chi connectivity index (χ0n) is 14.1. The first-order chi connectivity index (χ1) is 11.6. The Morgan fingerprint density at radius 2 is 1.79 bits per heavy atom. The summed E-state index contributed by atoms with van der Waals surface area (Å²) < 4.78 is 16.5. The molecule has 1 amide bonds. The van der Waals surface area contributed by atoms with Gasteiger partial charge in [0.2, 0.25) is 0 Å². The molecule has 0 radical (unpaired) electrons. The molecule has 3 rings (SSSR count). The van der Waals surface area contributed by atoms with Gasteiger partial charge in [0, 0.05) is 17.7 Å². The molecule has 0 saturated heterocycles. The number of benzene rings is 2. The van der Waals surface area contributed by atoms with Crippen molar-refractivity contribution in [2.45, 2.75) is 20.3 Å². The number of fused-ring (bicyclic) bond motifs is 1. The van der Waals surface area contributed by atoms with Crippen LogP contribution >= 0.6 is 0 Å². The maximum atomic E-state index is 12.6. The van der Waals surface area contributed by atoms with E-state index >= 15 is 0 Å². The molecule has 0 fully saturated rings. The van der Waals surface area contributed by atoms with Crippen molar-refractivity contribution in [1.82, 2.24) is 0 Å². The van der Waals surface area contributed by atoms with E-state index in [9.17, 15) is 4.79 Å². The normalized spacial score (nSPS) is 13.1. The third-order valence-corrected chi connectivity index (χ3v) is 4.00. The Morgan fingerprint density at radius 1 is 1.04 bits per heavy atom. The molecule has 0 bridgehead atoms. The third kappa shape index (κ3) is 3.30. The average Bonchev–Trinajstić information content (AvgIpc) is 2.82. The van der Waals surface area contributed by atoms with Crippen LogP contribution < -0.4 is 19.5 Å². The second-order valence-corrected chi connectivity index (χ2v) is 5.80. The number of hydrogen-bond acceptors (Lipinski definition) is 4. The van der Waals surface area contributed by atoms with Crippen LogP contribution in [0.4, 0.5) is 5.69 Å². The predicted octanol–water partition coefficient (Wildman–Crippen LogP) is 3.73. The molecule has 126 valence electrons. The zero-order valence-corrected chi connectivity index (χ0v) is 14.1. The lowest BCUT2D eigenvalue weighted by Crippen LogP contribution is -2.13. The number of aryl methyl sites for hydroxylation is 2. The van der Waals surface area contributed by atoms with E-state index in [1.54, 1.807) is 25.3 Å². The molecular formula is C19H21NO4. The molecule has 1 heterocycles. The van der Waals surface area contributed by atoms with Crippen molar-refractivity contribution in [3.05, 3.63) is 47.0 Å². The highest BCUT2D eigenvalue weighted by atomic mass is 16.5. The van der Waals surface area contributed by atoms with Gasteiger partial charge in [-0.15, -0.1) is 0 Å². The molecule has 1 aliphatic rings. The van der Waals surface area contributed by atoms with E-state index < -0.39 is 0 Å². The van der Waals surface area contributed by atoms with Gasteiger partial charge in [0.15, 0.2) is 11.5 Å². The minimum Gasteiger partial charge on any atom is -0.496 e. The Balaban J connectivity index is 1.83. The number of rotatable bonds is 3. The van der Waals surface area contributed by atoms with Crippen LogP contribution in [0, 0.1) is 13.8 Å². The zero-order chi connectivity index (χ0) is 17.1. The van der Waals surface area contributed by atoms with Crippen LogP contribution in [0.15, 0.2) is 30.3 Å². The molecule has 2 aromatic rings. The van der Waals surface area contributed by atoms with E-state index in [4.69, 9.17) is 14.2 Å². The molecule has 0 unspecified atom stereocenters. The summed E-state index contributed by atoms with van der Waals surface area (Å²) in [6, 6.07) is 9.08. The van der Waals surface area contributed by atoms with Crippen LogP contribution in [0.3, 0.4) is 0 Å². The molecule has 2 aromatic carbocycles. The number of anilines is 1. The van der Waals surface area contributed by atoms with Crippen molar-refractivity contribution >= 4 is 11.6 Å². The molecule has 1 aliphatic heterocycles. The summed E-state index contributed by atoms with van der Waals surface area (Å²) in [5.74, 6) is 1.92. The monoisotopic (exact) mass is 327 g/mol. The maximum absolute atomic E-state index is 12.6.